The lowest BCUT2D eigenvalue weighted by molar-refractivity contribution is -0.104. The second-order valence-electron chi connectivity index (χ2n) is 2.82. The van der Waals surface area contributed by atoms with E-state index in [4.69, 9.17) is 10.2 Å². The summed E-state index contributed by atoms with van der Waals surface area (Å²) >= 11 is 0. The molecule has 0 bridgehead atoms. The summed E-state index contributed by atoms with van der Waals surface area (Å²) in [4.78, 5) is 10.6. The van der Waals surface area contributed by atoms with Gasteiger partial charge in [-0.2, -0.15) is 0 Å². The number of aliphatic hydroxyl groups excluding tert-OH is 2. The van der Waals surface area contributed by atoms with Crippen molar-refractivity contribution in [3.8, 4) is 0 Å². The molecule has 0 aliphatic heterocycles. The molecule has 0 aromatic carbocycles. The van der Waals surface area contributed by atoms with Crippen LogP contribution >= 0.6 is 0 Å². The zero-order chi connectivity index (χ0) is 15.0. The maximum atomic E-state index is 10.6. The maximum absolute atomic E-state index is 10.6. The van der Waals surface area contributed by atoms with E-state index in [-0.39, 0.29) is 13.2 Å². The molecule has 0 amide bonds. The van der Waals surface area contributed by atoms with Gasteiger partial charge in [0.25, 0.3) is 0 Å². The Kier molecular flexibility index (Phi) is 21.7. The van der Waals surface area contributed by atoms with Gasteiger partial charge in [-0.3, -0.25) is 4.79 Å². The zero-order valence-corrected chi connectivity index (χ0v) is 11.8. The number of rotatable bonds is 6. The highest BCUT2D eigenvalue weighted by Gasteiger charge is 2.01. The minimum atomic E-state index is -0.235. The van der Waals surface area contributed by atoms with Crippen LogP contribution in [0.4, 0.5) is 0 Å². The van der Waals surface area contributed by atoms with Gasteiger partial charge in [0, 0.05) is 12.2 Å². The van der Waals surface area contributed by atoms with Crippen LogP contribution in [0.3, 0.4) is 0 Å². The first-order chi connectivity index (χ1) is 8.69. The molecule has 2 N–H and O–H groups in total. The van der Waals surface area contributed by atoms with Crippen LogP contribution in [-0.2, 0) is 4.79 Å². The number of carbonyl (C=O) groups is 1. The summed E-state index contributed by atoms with van der Waals surface area (Å²) in [6.45, 7) is 15.2. The molecule has 18 heavy (non-hydrogen) atoms. The smallest absolute Gasteiger partial charge is 0.150 e. The molecule has 0 radical (unpaired) electrons. The molecule has 0 aromatic heterocycles. The zero-order valence-electron chi connectivity index (χ0n) is 11.8. The van der Waals surface area contributed by atoms with Crippen molar-refractivity contribution in [2.75, 3.05) is 13.2 Å². The van der Waals surface area contributed by atoms with E-state index in [2.05, 4.69) is 19.7 Å². The van der Waals surface area contributed by atoms with Crippen molar-refractivity contribution in [2.45, 2.75) is 27.2 Å². The normalized spacial score (nSPS) is 10.5. The third-order valence-electron chi connectivity index (χ3n) is 1.84. The molecule has 3 nitrogen and oxygen atoms in total. The van der Waals surface area contributed by atoms with E-state index in [0.717, 1.165) is 5.57 Å². The lowest BCUT2D eigenvalue weighted by Crippen LogP contribution is -1.96. The molecule has 0 aromatic rings. The molecular formula is C15H26O3. The Hall–Kier alpha value is -1.45. The molecule has 3 heteroatoms. The van der Waals surface area contributed by atoms with Crippen molar-refractivity contribution < 1.29 is 15.0 Å². The van der Waals surface area contributed by atoms with Crippen LogP contribution in [-0.4, -0.2) is 29.7 Å². The van der Waals surface area contributed by atoms with Gasteiger partial charge in [-0.05, 0) is 30.6 Å². The van der Waals surface area contributed by atoms with Gasteiger partial charge in [0.2, 0.25) is 0 Å². The summed E-state index contributed by atoms with van der Waals surface area (Å²) in [7, 11) is 0. The molecule has 0 aliphatic rings. The average molecular weight is 254 g/mol. The molecule has 0 rings (SSSR count). The van der Waals surface area contributed by atoms with Gasteiger partial charge >= 0.3 is 0 Å². The molecule has 0 atom stereocenters. The standard InChI is InChI=1S/C11H16O3.C2H6.C2H4/c1-3-10(4-5-12)6-11(8-14)9(2)7-13;2*1-2/h3,6,8,12-13H,2,4-5,7H2,1H3;1-2H3;1-2H2/b10-3-,11-6-;;. The lowest BCUT2D eigenvalue weighted by atomic mass is 10.0. The predicted octanol–water partition coefficient (Wildman–Crippen LogP) is 2.82. The summed E-state index contributed by atoms with van der Waals surface area (Å²) in [5.41, 5.74) is 1.61. The third-order valence-corrected chi connectivity index (χ3v) is 1.84. The van der Waals surface area contributed by atoms with Crippen LogP contribution in [0.2, 0.25) is 0 Å². The van der Waals surface area contributed by atoms with Crippen LogP contribution in [0.25, 0.3) is 0 Å². The van der Waals surface area contributed by atoms with Crippen molar-refractivity contribution in [3.63, 3.8) is 0 Å². The van der Waals surface area contributed by atoms with E-state index < -0.39 is 0 Å². The van der Waals surface area contributed by atoms with Gasteiger partial charge in [0.05, 0.1) is 6.61 Å². The largest absolute Gasteiger partial charge is 0.396 e. The summed E-state index contributed by atoms with van der Waals surface area (Å²) in [5.74, 6) is 0. The van der Waals surface area contributed by atoms with Crippen molar-refractivity contribution in [2.24, 2.45) is 0 Å². The summed E-state index contributed by atoms with van der Waals surface area (Å²) in [6.07, 6.45) is 4.58. The van der Waals surface area contributed by atoms with E-state index >= 15 is 0 Å². The lowest BCUT2D eigenvalue weighted by Gasteiger charge is -2.03. The van der Waals surface area contributed by atoms with Crippen LogP contribution < -0.4 is 0 Å². The molecule has 0 heterocycles. The number of aliphatic hydroxyl groups is 2. The van der Waals surface area contributed by atoms with Gasteiger partial charge in [-0.15, -0.1) is 13.2 Å². The molecule has 0 spiro atoms. The molecule has 0 fully saturated rings. The van der Waals surface area contributed by atoms with Crippen LogP contribution in [0, 0.1) is 0 Å². The summed E-state index contributed by atoms with van der Waals surface area (Å²) in [5, 5.41) is 17.5. The van der Waals surface area contributed by atoms with Crippen molar-refractivity contribution in [1.29, 1.82) is 0 Å². The second-order valence-corrected chi connectivity index (χ2v) is 2.82. The first-order valence-electron chi connectivity index (χ1n) is 5.91. The minimum Gasteiger partial charge on any atom is -0.396 e. The van der Waals surface area contributed by atoms with E-state index in [1.54, 1.807) is 6.08 Å². The highest BCUT2D eigenvalue weighted by Crippen LogP contribution is 2.10. The Balaban J connectivity index is -0.000000506. The molecule has 0 unspecified atom stereocenters. The van der Waals surface area contributed by atoms with Gasteiger partial charge < -0.3 is 10.2 Å². The monoisotopic (exact) mass is 254 g/mol. The highest BCUT2D eigenvalue weighted by molar-refractivity contribution is 5.80. The summed E-state index contributed by atoms with van der Waals surface area (Å²) < 4.78 is 0. The Morgan fingerprint density at radius 2 is 1.72 bits per heavy atom. The SMILES string of the molecule is C=C.C=C(CO)/C(C=O)=C\C(=C/C)CCO.CC. The van der Waals surface area contributed by atoms with Gasteiger partial charge in [0.1, 0.15) is 6.29 Å². The van der Waals surface area contributed by atoms with Crippen LogP contribution in [0.5, 0.6) is 0 Å². The fourth-order valence-electron chi connectivity index (χ4n) is 0.939. The number of hydrogen-bond donors (Lipinski definition) is 2. The fraction of sp³-hybridized carbons (Fsp3) is 0.400. The maximum Gasteiger partial charge on any atom is 0.150 e. The van der Waals surface area contributed by atoms with Crippen molar-refractivity contribution >= 4 is 6.29 Å². The molecule has 0 saturated heterocycles. The van der Waals surface area contributed by atoms with E-state index in [0.29, 0.717) is 23.9 Å². The summed E-state index contributed by atoms with van der Waals surface area (Å²) in [6, 6.07) is 0. The van der Waals surface area contributed by atoms with E-state index in [1.807, 2.05) is 26.8 Å². The predicted molar refractivity (Wildman–Crippen MR) is 78.4 cm³/mol. The quantitative estimate of drug-likeness (QED) is 0.332. The first-order valence-corrected chi connectivity index (χ1v) is 5.91. The number of hydrogen-bond acceptors (Lipinski definition) is 3. The van der Waals surface area contributed by atoms with Gasteiger partial charge in [0.15, 0.2) is 0 Å². The Bertz CT molecular complexity index is 275. The molecular weight excluding hydrogens is 228 g/mol. The fourth-order valence-corrected chi connectivity index (χ4v) is 0.939. The topological polar surface area (TPSA) is 57.5 Å². The highest BCUT2D eigenvalue weighted by atomic mass is 16.3. The minimum absolute atomic E-state index is 0.0356. The van der Waals surface area contributed by atoms with Crippen LogP contribution in [0.15, 0.2) is 48.6 Å². The van der Waals surface area contributed by atoms with Gasteiger partial charge in [-0.1, -0.05) is 26.5 Å². The first kappa shape index (κ1) is 21.8. The Labute approximate surface area is 111 Å². The Morgan fingerprint density at radius 1 is 1.22 bits per heavy atom. The van der Waals surface area contributed by atoms with E-state index in [1.165, 1.54) is 0 Å². The van der Waals surface area contributed by atoms with Crippen molar-refractivity contribution in [3.05, 3.63) is 48.6 Å². The van der Waals surface area contributed by atoms with E-state index in [9.17, 15) is 4.79 Å². The van der Waals surface area contributed by atoms with Gasteiger partial charge in [-0.25, -0.2) is 0 Å². The molecule has 0 aliphatic carbocycles. The second kappa shape index (κ2) is 17.9. The number of carbonyl (C=O) groups excluding carboxylic acids is 1. The molecule has 0 saturated carbocycles. The number of aldehydes is 1. The Morgan fingerprint density at radius 3 is 2.00 bits per heavy atom. The average Bonchev–Trinajstić information content (AvgIpc) is 2.46. The molecule has 104 valence electrons. The number of allylic oxidation sites excluding steroid dienone is 2. The van der Waals surface area contributed by atoms with Crippen LogP contribution in [0.1, 0.15) is 27.2 Å². The third kappa shape index (κ3) is 11.0. The van der Waals surface area contributed by atoms with Crippen molar-refractivity contribution in [1.82, 2.24) is 0 Å².